The summed E-state index contributed by atoms with van der Waals surface area (Å²) in [5.41, 5.74) is 0. The van der Waals surface area contributed by atoms with E-state index in [0.29, 0.717) is 4.91 Å². The minimum absolute atomic E-state index is 0.555. The van der Waals surface area contributed by atoms with Crippen molar-refractivity contribution in [3.8, 4) is 0 Å². The van der Waals surface area contributed by atoms with Gasteiger partial charge in [0.15, 0.2) is 0 Å². The maximum Gasteiger partial charge on any atom is 0.0831 e. The van der Waals surface area contributed by atoms with Gasteiger partial charge in [0.2, 0.25) is 0 Å². The molecule has 2 nitrogen and oxygen atoms in total. The van der Waals surface area contributed by atoms with E-state index < -0.39 is 10.8 Å². The Balaban J connectivity index is 3.85. The summed E-state index contributed by atoms with van der Waals surface area (Å²) in [6.45, 7) is 3.49. The fraction of sp³-hybridized carbons (Fsp3) is 0.250. The van der Waals surface area contributed by atoms with Gasteiger partial charge < -0.3 is 0 Å². The van der Waals surface area contributed by atoms with Crippen LogP contribution in [0.5, 0.6) is 0 Å². The highest BCUT2D eigenvalue weighted by Crippen LogP contribution is 1.92. The Morgan fingerprint density at radius 1 is 2.00 bits per heavy atom. The Morgan fingerprint density at radius 3 is 2.62 bits per heavy atom. The van der Waals surface area contributed by atoms with Crippen molar-refractivity contribution in [3.05, 3.63) is 11.5 Å². The summed E-state index contributed by atoms with van der Waals surface area (Å²) in [7, 11) is -0.959. The molecule has 0 amide bonds. The topological polar surface area (TPSA) is 29.4 Å². The average molecular weight is 243 g/mol. The van der Waals surface area contributed by atoms with Crippen molar-refractivity contribution >= 4 is 39.9 Å². The second-order valence-corrected chi connectivity index (χ2v) is 3.14. The van der Waals surface area contributed by atoms with Crippen LogP contribution in [-0.2, 0) is 10.8 Å². The molecule has 0 spiro atoms. The molecule has 0 fully saturated rings. The molecule has 0 aromatic rings. The molecule has 0 rings (SSSR count). The molecule has 1 atom stereocenters. The smallest absolute Gasteiger partial charge is 0.0831 e. The van der Waals surface area contributed by atoms with Crippen LogP contribution < -0.4 is 0 Å². The molecule has 0 aliphatic rings. The molecule has 0 saturated heterocycles. The van der Waals surface area contributed by atoms with Crippen molar-refractivity contribution < 1.29 is 4.21 Å². The normalized spacial score (nSPS) is 14.2. The minimum atomic E-state index is -0.959. The summed E-state index contributed by atoms with van der Waals surface area (Å²) < 4.78 is 14.1. The Kier molecular flexibility index (Phi) is 4.35. The molecule has 0 bridgehead atoms. The first-order chi connectivity index (χ1) is 3.68. The Morgan fingerprint density at radius 2 is 2.50 bits per heavy atom. The van der Waals surface area contributed by atoms with Crippen molar-refractivity contribution in [2.45, 2.75) is 0 Å². The van der Waals surface area contributed by atoms with E-state index in [2.05, 4.69) is 9.78 Å². The van der Waals surface area contributed by atoms with Crippen LogP contribution in [-0.4, -0.2) is 16.7 Å². The Labute approximate surface area is 65.0 Å². The highest BCUT2D eigenvalue weighted by molar-refractivity contribution is 14.1. The van der Waals surface area contributed by atoms with Crippen molar-refractivity contribution in [1.29, 1.82) is 0 Å². The minimum Gasteiger partial charge on any atom is -0.255 e. The van der Waals surface area contributed by atoms with Gasteiger partial charge in [0, 0.05) is 12.5 Å². The summed E-state index contributed by atoms with van der Waals surface area (Å²) in [6, 6.07) is 0. The maximum atomic E-state index is 10.5. The summed E-state index contributed by atoms with van der Waals surface area (Å²) in [5.74, 6) is 0. The maximum absolute atomic E-state index is 10.5. The zero-order chi connectivity index (χ0) is 6.57. The largest absolute Gasteiger partial charge is 0.255 e. The van der Waals surface area contributed by atoms with Crippen LogP contribution in [0.3, 0.4) is 0 Å². The van der Waals surface area contributed by atoms with E-state index in [4.69, 9.17) is 0 Å². The molecule has 0 N–H and O–H groups in total. The number of allylic oxidation sites excluding steroid dienone is 1. The first-order valence-corrected chi connectivity index (χ1v) is 4.37. The molecule has 0 aromatic heterocycles. The molecule has 46 valence electrons. The second-order valence-electron chi connectivity index (χ2n) is 1.15. The van der Waals surface area contributed by atoms with Crippen LogP contribution in [0.1, 0.15) is 0 Å². The van der Waals surface area contributed by atoms with Gasteiger partial charge in [-0.15, -0.1) is 0 Å². The van der Waals surface area contributed by atoms with Gasteiger partial charge in [0.25, 0.3) is 0 Å². The van der Waals surface area contributed by atoms with E-state index in [1.807, 2.05) is 22.9 Å². The van der Waals surface area contributed by atoms with E-state index in [9.17, 15) is 4.21 Å². The van der Waals surface area contributed by atoms with Gasteiger partial charge in [0.1, 0.15) is 0 Å². The van der Waals surface area contributed by atoms with Crippen LogP contribution in [0.4, 0.5) is 0 Å². The second kappa shape index (κ2) is 4.20. The fourth-order valence-electron chi connectivity index (χ4n) is 0.129. The molecule has 0 radical (unpaired) electrons. The molecular weight excluding hydrogens is 237 g/mol. The van der Waals surface area contributed by atoms with Crippen LogP contribution >= 0.6 is 22.9 Å². The third-order valence-corrected chi connectivity index (χ3v) is 1.68. The van der Waals surface area contributed by atoms with E-state index in [1.54, 1.807) is 6.26 Å². The van der Waals surface area contributed by atoms with Crippen molar-refractivity contribution in [3.63, 3.8) is 0 Å². The van der Waals surface area contributed by atoms with Crippen LogP contribution in [0, 0.1) is 0 Å². The van der Waals surface area contributed by atoms with Crippen molar-refractivity contribution in [2.24, 2.45) is 3.21 Å². The summed E-state index contributed by atoms with van der Waals surface area (Å²) in [6.07, 6.45) is 3.05. The first kappa shape index (κ1) is 8.29. The highest BCUT2D eigenvalue weighted by Gasteiger charge is 1.89. The van der Waals surface area contributed by atoms with Crippen LogP contribution in [0.25, 0.3) is 0 Å². The quantitative estimate of drug-likeness (QED) is 0.531. The van der Waals surface area contributed by atoms with E-state index in [-0.39, 0.29) is 0 Å². The Hall–Kier alpha value is 0.290. The zero-order valence-corrected chi connectivity index (χ0v) is 7.40. The average Bonchev–Trinajstić information content (AvgIpc) is 1.67. The highest BCUT2D eigenvalue weighted by atomic mass is 127. The standard InChI is InChI=1S/C4H6INOS/c1-4(3-6-5)8(2)7/h3H,1H2,2H3. The predicted octanol–water partition coefficient (Wildman–Crippen LogP) is 1.30. The molecule has 0 saturated carbocycles. The number of nitrogens with zero attached hydrogens (tertiary/aromatic N) is 1. The van der Waals surface area contributed by atoms with Crippen molar-refractivity contribution in [2.75, 3.05) is 6.26 Å². The third-order valence-electron chi connectivity index (χ3n) is 0.562. The third kappa shape index (κ3) is 3.31. The van der Waals surface area contributed by atoms with Gasteiger partial charge >= 0.3 is 0 Å². The fourth-order valence-corrected chi connectivity index (χ4v) is 0.855. The molecule has 0 heterocycles. The number of hydrogen-bond donors (Lipinski definition) is 0. The summed E-state index contributed by atoms with van der Waals surface area (Å²) >= 11 is 1.81. The van der Waals surface area contributed by atoms with Gasteiger partial charge in [-0.1, -0.05) is 6.58 Å². The van der Waals surface area contributed by atoms with Gasteiger partial charge in [0.05, 0.1) is 38.6 Å². The molecule has 1 unspecified atom stereocenters. The van der Waals surface area contributed by atoms with Crippen LogP contribution in [0.15, 0.2) is 14.7 Å². The number of rotatable bonds is 2. The van der Waals surface area contributed by atoms with Gasteiger partial charge in [-0.2, -0.15) is 0 Å². The SMILES string of the molecule is C=C(C=NI)S(C)=O. The zero-order valence-electron chi connectivity index (χ0n) is 4.43. The predicted molar refractivity (Wildman–Crippen MR) is 45.7 cm³/mol. The van der Waals surface area contributed by atoms with Gasteiger partial charge in [-0.05, 0) is 0 Å². The molecule has 0 aliphatic carbocycles. The van der Waals surface area contributed by atoms with Gasteiger partial charge in [-0.3, -0.25) is 4.21 Å². The van der Waals surface area contributed by atoms with E-state index >= 15 is 0 Å². The van der Waals surface area contributed by atoms with Crippen molar-refractivity contribution in [1.82, 2.24) is 0 Å². The molecule has 8 heavy (non-hydrogen) atoms. The lowest BCUT2D eigenvalue weighted by molar-refractivity contribution is 0.691. The number of halogens is 1. The Bertz CT molecular complexity index is 143. The van der Waals surface area contributed by atoms with Crippen LogP contribution in [0.2, 0.25) is 0 Å². The lowest BCUT2D eigenvalue weighted by Gasteiger charge is -1.86. The van der Waals surface area contributed by atoms with E-state index in [0.717, 1.165) is 0 Å². The number of hydrogen-bond acceptors (Lipinski definition) is 2. The van der Waals surface area contributed by atoms with Gasteiger partial charge in [-0.25, -0.2) is 3.21 Å². The summed E-state index contributed by atoms with van der Waals surface area (Å²) in [4.78, 5) is 0.555. The molecule has 4 heteroatoms. The molecular formula is C4H6INOS. The lowest BCUT2D eigenvalue weighted by Crippen LogP contribution is -1.88. The monoisotopic (exact) mass is 243 g/mol. The first-order valence-electron chi connectivity index (χ1n) is 1.85. The van der Waals surface area contributed by atoms with E-state index in [1.165, 1.54) is 6.21 Å². The molecule has 0 aliphatic heterocycles. The summed E-state index contributed by atoms with van der Waals surface area (Å²) in [5, 5.41) is 0. The lowest BCUT2D eigenvalue weighted by atomic mass is 10.7. The molecule has 0 aromatic carbocycles.